The van der Waals surface area contributed by atoms with E-state index in [4.69, 9.17) is 0 Å². The molecule has 1 heterocycles. The summed E-state index contributed by atoms with van der Waals surface area (Å²) in [6.45, 7) is 6.04. The van der Waals surface area contributed by atoms with E-state index in [1.54, 1.807) is 19.0 Å². The Morgan fingerprint density at radius 1 is 1.56 bits per heavy atom. The smallest absolute Gasteiger partial charge is 0.285 e. The first-order valence-electron chi connectivity index (χ1n) is 5.12. The Hall–Kier alpha value is -1.16. The molecule has 0 aliphatic rings. The molecule has 0 radical (unpaired) electrons. The molecule has 0 aliphatic carbocycles. The molecule has 0 saturated carbocycles. The molecule has 0 N–H and O–H groups in total. The second-order valence-corrected chi connectivity index (χ2v) is 5.07. The Morgan fingerprint density at radius 3 is 2.62 bits per heavy atom. The van der Waals surface area contributed by atoms with Crippen LogP contribution in [-0.4, -0.2) is 28.8 Å². The van der Waals surface area contributed by atoms with Crippen molar-refractivity contribution in [3.63, 3.8) is 0 Å². The van der Waals surface area contributed by atoms with Crippen molar-refractivity contribution in [3.8, 4) is 0 Å². The van der Waals surface area contributed by atoms with Crippen molar-refractivity contribution < 1.29 is 4.79 Å². The number of carbonyl (C=O) groups is 1. The highest BCUT2D eigenvalue weighted by Gasteiger charge is 2.16. The lowest BCUT2D eigenvalue weighted by molar-refractivity contribution is 0.241. The molecule has 0 saturated heterocycles. The number of allylic oxidation sites excluding steroid dienone is 1. The minimum atomic E-state index is 0.0195. The van der Waals surface area contributed by atoms with Crippen LogP contribution in [0.1, 0.15) is 18.5 Å². The van der Waals surface area contributed by atoms with Crippen LogP contribution in [0.5, 0.6) is 0 Å². The maximum atomic E-state index is 11.5. The fourth-order valence-corrected chi connectivity index (χ4v) is 2.09. The molecule has 0 spiro atoms. The van der Waals surface area contributed by atoms with Crippen LogP contribution in [0.4, 0.5) is 4.79 Å². The van der Waals surface area contributed by atoms with Crippen molar-refractivity contribution in [1.82, 2.24) is 9.47 Å². The van der Waals surface area contributed by atoms with Gasteiger partial charge in [0, 0.05) is 39.0 Å². The molecule has 88 valence electrons. The number of aromatic nitrogens is 1. The molecule has 1 amide bonds. The van der Waals surface area contributed by atoms with Crippen LogP contribution in [0.2, 0.25) is 0 Å². The molecule has 0 bridgehead atoms. The summed E-state index contributed by atoms with van der Waals surface area (Å²) < 4.78 is 2.05. The first-order chi connectivity index (χ1) is 7.43. The maximum absolute atomic E-state index is 11.5. The summed E-state index contributed by atoms with van der Waals surface area (Å²) in [4.78, 5) is 14.0. The minimum absolute atomic E-state index is 0.0195. The van der Waals surface area contributed by atoms with E-state index in [-0.39, 0.29) is 11.2 Å². The van der Waals surface area contributed by atoms with Gasteiger partial charge in [0.05, 0.1) is 0 Å². The third-order valence-electron chi connectivity index (χ3n) is 2.49. The molecule has 4 heteroatoms. The van der Waals surface area contributed by atoms with Gasteiger partial charge in [-0.3, -0.25) is 4.79 Å². The van der Waals surface area contributed by atoms with Gasteiger partial charge in [0.15, 0.2) is 0 Å². The van der Waals surface area contributed by atoms with Crippen LogP contribution in [0, 0.1) is 0 Å². The Morgan fingerprint density at radius 2 is 2.19 bits per heavy atom. The summed E-state index contributed by atoms with van der Waals surface area (Å²) in [5.74, 6) is 0.175. The first kappa shape index (κ1) is 12.9. The summed E-state index contributed by atoms with van der Waals surface area (Å²) in [6, 6.07) is 4.05. The van der Waals surface area contributed by atoms with E-state index >= 15 is 0 Å². The van der Waals surface area contributed by atoms with E-state index in [2.05, 4.69) is 24.1 Å². The number of amides is 1. The third-order valence-corrected chi connectivity index (χ3v) is 3.65. The zero-order valence-electron chi connectivity index (χ0n) is 10.2. The molecule has 3 nitrogen and oxygen atoms in total. The Balaban J connectivity index is 2.69. The fourth-order valence-electron chi connectivity index (χ4n) is 1.38. The SMILES string of the molecule is C=C(SC(=O)N(C)C)C(C)c1cccn1C. The lowest BCUT2D eigenvalue weighted by Gasteiger charge is -2.16. The van der Waals surface area contributed by atoms with E-state index in [0.29, 0.717) is 0 Å². The molecule has 1 unspecified atom stereocenters. The standard InChI is InChI=1S/C12H18N2OS/c1-9(11-7-6-8-14(11)5)10(2)16-12(15)13(3)4/h6-9H,2H2,1,3-5H3. The van der Waals surface area contributed by atoms with Gasteiger partial charge in [-0.05, 0) is 28.8 Å². The fraction of sp³-hybridized carbons (Fsp3) is 0.417. The van der Waals surface area contributed by atoms with E-state index in [1.165, 1.54) is 17.5 Å². The number of thioether (sulfide) groups is 1. The quantitative estimate of drug-likeness (QED) is 0.808. The van der Waals surface area contributed by atoms with Crippen LogP contribution in [0.25, 0.3) is 0 Å². The van der Waals surface area contributed by atoms with Gasteiger partial charge < -0.3 is 9.47 Å². The molecule has 1 rings (SSSR count). The number of carbonyl (C=O) groups excluding carboxylic acids is 1. The highest BCUT2D eigenvalue weighted by molar-refractivity contribution is 8.16. The zero-order valence-corrected chi connectivity index (χ0v) is 11.0. The van der Waals surface area contributed by atoms with Crippen molar-refractivity contribution in [2.24, 2.45) is 7.05 Å². The van der Waals surface area contributed by atoms with Gasteiger partial charge >= 0.3 is 0 Å². The predicted molar refractivity (Wildman–Crippen MR) is 69.6 cm³/mol. The van der Waals surface area contributed by atoms with Gasteiger partial charge in [-0.25, -0.2) is 0 Å². The second kappa shape index (κ2) is 5.25. The van der Waals surface area contributed by atoms with Crippen LogP contribution in [0.15, 0.2) is 29.8 Å². The molecule has 0 fully saturated rings. The van der Waals surface area contributed by atoms with Gasteiger partial charge in [-0.1, -0.05) is 13.5 Å². The van der Waals surface area contributed by atoms with Crippen molar-refractivity contribution in [2.75, 3.05) is 14.1 Å². The lowest BCUT2D eigenvalue weighted by Crippen LogP contribution is -2.17. The summed E-state index contributed by atoms with van der Waals surface area (Å²) in [7, 11) is 5.49. The van der Waals surface area contributed by atoms with E-state index in [1.807, 2.05) is 19.3 Å². The normalized spacial score (nSPS) is 12.2. The molecule has 16 heavy (non-hydrogen) atoms. The summed E-state index contributed by atoms with van der Waals surface area (Å²) >= 11 is 1.20. The Kier molecular flexibility index (Phi) is 4.24. The second-order valence-electron chi connectivity index (χ2n) is 3.99. The first-order valence-corrected chi connectivity index (χ1v) is 5.94. The number of rotatable bonds is 3. The van der Waals surface area contributed by atoms with Gasteiger partial charge in [-0.2, -0.15) is 0 Å². The monoisotopic (exact) mass is 238 g/mol. The summed E-state index contributed by atoms with van der Waals surface area (Å²) in [5, 5.41) is 0.0195. The van der Waals surface area contributed by atoms with Crippen LogP contribution in [-0.2, 0) is 7.05 Å². The highest BCUT2D eigenvalue weighted by Crippen LogP contribution is 2.31. The van der Waals surface area contributed by atoms with E-state index < -0.39 is 0 Å². The van der Waals surface area contributed by atoms with E-state index in [0.717, 1.165) is 4.91 Å². The van der Waals surface area contributed by atoms with Crippen molar-refractivity contribution in [2.45, 2.75) is 12.8 Å². The third kappa shape index (κ3) is 2.92. The Bertz CT molecular complexity index is 395. The van der Waals surface area contributed by atoms with Crippen LogP contribution >= 0.6 is 11.8 Å². The topological polar surface area (TPSA) is 25.2 Å². The van der Waals surface area contributed by atoms with Gasteiger partial charge in [0.25, 0.3) is 5.24 Å². The molecular weight excluding hydrogens is 220 g/mol. The largest absolute Gasteiger partial charge is 0.354 e. The van der Waals surface area contributed by atoms with Gasteiger partial charge in [-0.15, -0.1) is 0 Å². The molecule has 0 aliphatic heterocycles. The van der Waals surface area contributed by atoms with Crippen molar-refractivity contribution in [3.05, 3.63) is 35.5 Å². The molecule has 1 atom stereocenters. The van der Waals surface area contributed by atoms with Crippen molar-refractivity contribution in [1.29, 1.82) is 0 Å². The molecule has 1 aromatic heterocycles. The number of hydrogen-bond donors (Lipinski definition) is 0. The number of hydrogen-bond acceptors (Lipinski definition) is 2. The Labute approximate surface area is 101 Å². The molecular formula is C12H18N2OS. The minimum Gasteiger partial charge on any atom is -0.354 e. The number of nitrogens with zero attached hydrogens (tertiary/aromatic N) is 2. The predicted octanol–water partition coefficient (Wildman–Crippen LogP) is 3.06. The average Bonchev–Trinajstić information content (AvgIpc) is 2.62. The average molecular weight is 238 g/mol. The van der Waals surface area contributed by atoms with Gasteiger partial charge in [0.2, 0.25) is 0 Å². The highest BCUT2D eigenvalue weighted by atomic mass is 32.2. The molecule has 0 aromatic carbocycles. The summed E-state index contributed by atoms with van der Waals surface area (Å²) in [6.07, 6.45) is 2.00. The lowest BCUT2D eigenvalue weighted by atomic mass is 10.1. The molecule has 1 aromatic rings. The summed E-state index contributed by atoms with van der Waals surface area (Å²) in [5.41, 5.74) is 1.17. The van der Waals surface area contributed by atoms with Crippen molar-refractivity contribution >= 4 is 17.0 Å². The van der Waals surface area contributed by atoms with Crippen LogP contribution < -0.4 is 0 Å². The zero-order chi connectivity index (χ0) is 12.3. The van der Waals surface area contributed by atoms with Gasteiger partial charge in [0.1, 0.15) is 0 Å². The van der Waals surface area contributed by atoms with E-state index in [9.17, 15) is 4.79 Å². The maximum Gasteiger partial charge on any atom is 0.285 e. The van der Waals surface area contributed by atoms with Crippen LogP contribution in [0.3, 0.4) is 0 Å². The number of aryl methyl sites for hydroxylation is 1.